The van der Waals surface area contributed by atoms with Crippen LogP contribution in [0.5, 0.6) is 0 Å². The quantitative estimate of drug-likeness (QED) is 0.676. The predicted octanol–water partition coefficient (Wildman–Crippen LogP) is 3.72. The first kappa shape index (κ1) is 16.6. The van der Waals surface area contributed by atoms with Crippen LogP contribution in [0.1, 0.15) is 34.6 Å². The average molecular weight is 337 g/mol. The number of carbonyl (C=O) groups excluding carboxylic acids is 2. The van der Waals surface area contributed by atoms with E-state index in [2.05, 4.69) is 10.6 Å². The van der Waals surface area contributed by atoms with Crippen LogP contribution in [0.15, 0.2) is 52.9 Å². The number of para-hydroxylation sites is 1. The van der Waals surface area contributed by atoms with Crippen molar-refractivity contribution in [3.63, 3.8) is 0 Å². The molecule has 0 fully saturated rings. The first-order valence-electron chi connectivity index (χ1n) is 7.91. The molecule has 128 valence electrons. The summed E-state index contributed by atoms with van der Waals surface area (Å²) in [5.74, 6) is 0.0561. The van der Waals surface area contributed by atoms with Crippen LogP contribution in [0.2, 0.25) is 0 Å². The Morgan fingerprint density at radius 3 is 2.40 bits per heavy atom. The number of hydrogen-bond acceptors (Lipinski definition) is 3. The van der Waals surface area contributed by atoms with Crippen LogP contribution in [-0.4, -0.2) is 11.9 Å². The van der Waals surface area contributed by atoms with Gasteiger partial charge in [0.15, 0.2) is 5.76 Å². The SMILES string of the molecule is Cc1c(C(=O)N[C@H](C)c2ccc(NC(N)=O)cc2)oc2ccccc12. The van der Waals surface area contributed by atoms with Gasteiger partial charge in [-0.05, 0) is 37.6 Å². The lowest BCUT2D eigenvalue weighted by Gasteiger charge is -2.14. The molecule has 0 aliphatic rings. The number of nitrogens with two attached hydrogens (primary N) is 1. The highest BCUT2D eigenvalue weighted by Crippen LogP contribution is 2.25. The van der Waals surface area contributed by atoms with Gasteiger partial charge in [0, 0.05) is 16.6 Å². The zero-order chi connectivity index (χ0) is 18.0. The van der Waals surface area contributed by atoms with Gasteiger partial charge in [-0.15, -0.1) is 0 Å². The van der Waals surface area contributed by atoms with Crippen molar-refractivity contribution in [2.24, 2.45) is 5.73 Å². The summed E-state index contributed by atoms with van der Waals surface area (Å²) < 4.78 is 5.69. The first-order valence-corrected chi connectivity index (χ1v) is 7.91. The molecular formula is C19H19N3O3. The van der Waals surface area contributed by atoms with Crippen LogP contribution < -0.4 is 16.4 Å². The molecule has 0 bridgehead atoms. The Bertz CT molecular complexity index is 929. The summed E-state index contributed by atoms with van der Waals surface area (Å²) in [6, 6.07) is 13.8. The molecule has 3 aromatic rings. The number of anilines is 1. The first-order chi connectivity index (χ1) is 12.0. The molecule has 4 N–H and O–H groups in total. The smallest absolute Gasteiger partial charge is 0.316 e. The molecule has 0 saturated carbocycles. The molecule has 0 aliphatic carbocycles. The Hall–Kier alpha value is -3.28. The number of fused-ring (bicyclic) bond motifs is 1. The van der Waals surface area contributed by atoms with Gasteiger partial charge >= 0.3 is 6.03 Å². The minimum Gasteiger partial charge on any atom is -0.451 e. The lowest BCUT2D eigenvalue weighted by Crippen LogP contribution is -2.26. The third-order valence-electron chi connectivity index (χ3n) is 4.08. The maximum atomic E-state index is 12.6. The largest absolute Gasteiger partial charge is 0.451 e. The number of primary amides is 1. The summed E-state index contributed by atoms with van der Waals surface area (Å²) in [6.07, 6.45) is 0. The van der Waals surface area contributed by atoms with E-state index in [4.69, 9.17) is 10.2 Å². The zero-order valence-electron chi connectivity index (χ0n) is 14.0. The summed E-state index contributed by atoms with van der Waals surface area (Å²) in [4.78, 5) is 23.4. The maximum Gasteiger partial charge on any atom is 0.316 e. The van der Waals surface area contributed by atoms with E-state index in [0.29, 0.717) is 17.0 Å². The molecule has 6 heteroatoms. The highest BCUT2D eigenvalue weighted by atomic mass is 16.3. The van der Waals surface area contributed by atoms with Gasteiger partial charge in [-0.1, -0.05) is 30.3 Å². The van der Waals surface area contributed by atoms with E-state index in [9.17, 15) is 9.59 Å². The second-order valence-electron chi connectivity index (χ2n) is 5.86. The van der Waals surface area contributed by atoms with Crippen LogP contribution >= 0.6 is 0 Å². The maximum absolute atomic E-state index is 12.6. The lowest BCUT2D eigenvalue weighted by molar-refractivity contribution is 0.0913. The third kappa shape index (κ3) is 3.47. The van der Waals surface area contributed by atoms with E-state index < -0.39 is 6.03 Å². The molecule has 0 spiro atoms. The third-order valence-corrected chi connectivity index (χ3v) is 4.08. The molecule has 1 heterocycles. The number of aryl methyl sites for hydroxylation is 1. The average Bonchev–Trinajstić information content (AvgIpc) is 2.92. The Labute approximate surface area is 145 Å². The van der Waals surface area contributed by atoms with Crippen molar-refractivity contribution in [1.82, 2.24) is 5.32 Å². The van der Waals surface area contributed by atoms with Gasteiger partial charge in [0.05, 0.1) is 6.04 Å². The molecule has 1 atom stereocenters. The van der Waals surface area contributed by atoms with E-state index in [1.165, 1.54) is 0 Å². The molecule has 3 rings (SSSR count). The van der Waals surface area contributed by atoms with Crippen LogP contribution in [0.3, 0.4) is 0 Å². The molecular weight excluding hydrogens is 318 g/mol. The fraction of sp³-hybridized carbons (Fsp3) is 0.158. The second kappa shape index (κ2) is 6.68. The van der Waals surface area contributed by atoms with Crippen LogP contribution in [0.4, 0.5) is 10.5 Å². The van der Waals surface area contributed by atoms with Crippen LogP contribution in [-0.2, 0) is 0 Å². The predicted molar refractivity (Wildman–Crippen MR) is 96.5 cm³/mol. The molecule has 0 unspecified atom stereocenters. The zero-order valence-corrected chi connectivity index (χ0v) is 14.0. The Morgan fingerprint density at radius 1 is 1.08 bits per heavy atom. The van der Waals surface area contributed by atoms with Gasteiger partial charge in [-0.2, -0.15) is 0 Å². The van der Waals surface area contributed by atoms with Gasteiger partial charge in [-0.25, -0.2) is 4.79 Å². The van der Waals surface area contributed by atoms with E-state index >= 15 is 0 Å². The van der Waals surface area contributed by atoms with E-state index in [0.717, 1.165) is 16.5 Å². The van der Waals surface area contributed by atoms with Crippen molar-refractivity contribution >= 4 is 28.6 Å². The normalized spacial score (nSPS) is 11.9. The minimum absolute atomic E-state index is 0.220. The molecule has 0 aliphatic heterocycles. The fourth-order valence-electron chi connectivity index (χ4n) is 2.73. The van der Waals surface area contributed by atoms with Crippen molar-refractivity contribution in [3.8, 4) is 0 Å². The Balaban J connectivity index is 1.75. The number of benzene rings is 2. The monoisotopic (exact) mass is 337 g/mol. The van der Waals surface area contributed by atoms with Crippen LogP contribution in [0, 0.1) is 6.92 Å². The summed E-state index contributed by atoms with van der Waals surface area (Å²) in [7, 11) is 0. The van der Waals surface area contributed by atoms with Crippen molar-refractivity contribution in [2.75, 3.05) is 5.32 Å². The summed E-state index contributed by atoms with van der Waals surface area (Å²) in [6.45, 7) is 3.75. The number of urea groups is 1. The van der Waals surface area contributed by atoms with Crippen molar-refractivity contribution < 1.29 is 14.0 Å². The topological polar surface area (TPSA) is 97.4 Å². The van der Waals surface area contributed by atoms with Crippen molar-refractivity contribution in [2.45, 2.75) is 19.9 Å². The number of hydrogen-bond donors (Lipinski definition) is 3. The van der Waals surface area contributed by atoms with Crippen molar-refractivity contribution in [1.29, 1.82) is 0 Å². The minimum atomic E-state index is -0.616. The van der Waals surface area contributed by atoms with E-state index in [-0.39, 0.29) is 11.9 Å². The Kier molecular flexibility index (Phi) is 4.43. The lowest BCUT2D eigenvalue weighted by atomic mass is 10.1. The molecule has 2 aromatic carbocycles. The van der Waals surface area contributed by atoms with E-state index in [1.807, 2.05) is 50.2 Å². The van der Waals surface area contributed by atoms with Gasteiger partial charge < -0.3 is 20.8 Å². The number of rotatable bonds is 4. The number of carbonyl (C=O) groups is 2. The molecule has 3 amide bonds. The Morgan fingerprint density at radius 2 is 1.76 bits per heavy atom. The van der Waals surface area contributed by atoms with Gasteiger partial charge in [0.2, 0.25) is 0 Å². The molecule has 25 heavy (non-hydrogen) atoms. The molecule has 0 saturated heterocycles. The summed E-state index contributed by atoms with van der Waals surface area (Å²) >= 11 is 0. The number of amides is 3. The highest BCUT2D eigenvalue weighted by Gasteiger charge is 2.19. The van der Waals surface area contributed by atoms with Gasteiger partial charge in [0.1, 0.15) is 5.58 Å². The van der Waals surface area contributed by atoms with Crippen LogP contribution in [0.25, 0.3) is 11.0 Å². The summed E-state index contributed by atoms with van der Waals surface area (Å²) in [5.41, 5.74) is 8.10. The number of furan rings is 1. The molecule has 6 nitrogen and oxygen atoms in total. The highest BCUT2D eigenvalue weighted by molar-refractivity contribution is 5.99. The van der Waals surface area contributed by atoms with Gasteiger partial charge in [-0.3, -0.25) is 4.79 Å². The van der Waals surface area contributed by atoms with Crippen molar-refractivity contribution in [3.05, 3.63) is 65.4 Å². The second-order valence-corrected chi connectivity index (χ2v) is 5.86. The molecule has 1 aromatic heterocycles. The summed E-state index contributed by atoms with van der Waals surface area (Å²) in [5, 5.41) is 6.36. The standard InChI is InChI=1S/C19H19N3O3/c1-11-15-5-3-4-6-16(15)25-17(11)18(23)21-12(2)13-7-9-14(10-8-13)22-19(20)24/h3-10,12H,1-2H3,(H,21,23)(H3,20,22,24)/t12-/m1/s1. The van der Waals surface area contributed by atoms with Gasteiger partial charge in [0.25, 0.3) is 5.91 Å². The molecule has 0 radical (unpaired) electrons. The fourth-order valence-corrected chi connectivity index (χ4v) is 2.73. The number of nitrogens with one attached hydrogen (secondary N) is 2. The van der Waals surface area contributed by atoms with E-state index in [1.54, 1.807) is 12.1 Å².